The molecule has 0 unspecified atom stereocenters. The van der Waals surface area contributed by atoms with Crippen molar-refractivity contribution < 1.29 is 9.63 Å². The molecule has 3 nitrogen and oxygen atoms in total. The lowest BCUT2D eigenvalue weighted by Crippen LogP contribution is -2.11. The molecule has 4 heteroatoms. The van der Waals surface area contributed by atoms with E-state index >= 15 is 0 Å². The first-order valence-electron chi connectivity index (χ1n) is 4.96. The number of nitrogens with one attached hydrogen (secondary N) is 1. The smallest absolute Gasteiger partial charge is 0.145 e. The lowest BCUT2D eigenvalue weighted by atomic mass is 10.3. The molecular weight excluding hydrogens is 238 g/mol. The number of aldehydes is 1. The second kappa shape index (κ2) is 9.48. The molecule has 0 heterocycles. The minimum atomic E-state index is 0.602. The van der Waals surface area contributed by atoms with Gasteiger partial charge in [0.25, 0.3) is 0 Å². The van der Waals surface area contributed by atoms with Gasteiger partial charge in [0, 0.05) is 5.54 Å². The summed E-state index contributed by atoms with van der Waals surface area (Å²) in [5.41, 5.74) is 5.27. The third-order valence-corrected chi connectivity index (χ3v) is 1.76. The number of hydroxylamine groups is 1. The molecule has 0 aliphatic heterocycles. The van der Waals surface area contributed by atoms with Crippen molar-refractivity contribution in [3.63, 3.8) is 0 Å². The minimum Gasteiger partial charge on any atom is -0.387 e. The maximum Gasteiger partial charge on any atom is 0.145 e. The Hall–Kier alpha value is -1.74. The quantitative estimate of drug-likeness (QED) is 0.249. The van der Waals surface area contributed by atoms with E-state index in [1.807, 2.05) is 0 Å². The first-order valence-corrected chi connectivity index (χ1v) is 5.40. The number of hydrogen-bond acceptors (Lipinski definition) is 3. The molecule has 0 amide bonds. The van der Waals surface area contributed by atoms with Crippen LogP contribution in [0.15, 0.2) is 59.5 Å². The van der Waals surface area contributed by atoms with Crippen LogP contribution in [0.4, 0.5) is 0 Å². The molecule has 0 saturated heterocycles. The monoisotopic (exact) mass is 253 g/mol. The van der Waals surface area contributed by atoms with Crippen molar-refractivity contribution in [2.45, 2.75) is 13.8 Å². The Kier molecular flexibility index (Phi) is 8.51. The van der Waals surface area contributed by atoms with Crippen LogP contribution < -0.4 is 5.48 Å². The van der Waals surface area contributed by atoms with Crippen LogP contribution in [0.5, 0.6) is 0 Å². The molecule has 0 radical (unpaired) electrons. The highest BCUT2D eigenvalue weighted by atomic mass is 35.5. The minimum absolute atomic E-state index is 0.602. The number of rotatable bonds is 7. The van der Waals surface area contributed by atoms with E-state index in [0.717, 1.165) is 6.29 Å². The van der Waals surface area contributed by atoms with Crippen molar-refractivity contribution in [3.05, 3.63) is 59.5 Å². The summed E-state index contributed by atoms with van der Waals surface area (Å²) in [4.78, 5) is 15.6. The number of hydrogen-bond donors (Lipinski definition) is 1. The van der Waals surface area contributed by atoms with Crippen molar-refractivity contribution >= 4 is 17.9 Å². The largest absolute Gasteiger partial charge is 0.387 e. The predicted octanol–water partition coefficient (Wildman–Crippen LogP) is 3.38. The van der Waals surface area contributed by atoms with E-state index in [1.165, 1.54) is 5.54 Å². The predicted molar refractivity (Wildman–Crippen MR) is 71.1 cm³/mol. The van der Waals surface area contributed by atoms with Gasteiger partial charge in [-0.05, 0) is 37.6 Å². The second-order valence-corrected chi connectivity index (χ2v) is 3.41. The molecule has 0 aromatic rings. The molecule has 0 rings (SSSR count). The van der Waals surface area contributed by atoms with Gasteiger partial charge in [-0.2, -0.15) is 0 Å². The van der Waals surface area contributed by atoms with Crippen molar-refractivity contribution in [3.8, 4) is 0 Å². The van der Waals surface area contributed by atoms with E-state index in [0.29, 0.717) is 17.0 Å². The molecular formula is C13H16ClNO2. The highest BCUT2D eigenvalue weighted by molar-refractivity contribution is 6.25. The first-order chi connectivity index (χ1) is 8.13. The summed E-state index contributed by atoms with van der Waals surface area (Å²) in [6.45, 7) is 7.04. The summed E-state index contributed by atoms with van der Waals surface area (Å²) in [6, 6.07) is 0. The fourth-order valence-corrected chi connectivity index (χ4v) is 0.927. The van der Waals surface area contributed by atoms with Crippen molar-refractivity contribution in [2.24, 2.45) is 0 Å². The molecule has 0 bridgehead atoms. The van der Waals surface area contributed by atoms with Crippen LogP contribution in [-0.4, -0.2) is 6.29 Å². The molecule has 0 saturated carbocycles. The maximum atomic E-state index is 10.4. The third-order valence-electron chi connectivity index (χ3n) is 1.64. The summed E-state index contributed by atoms with van der Waals surface area (Å²) in [7, 11) is 0. The van der Waals surface area contributed by atoms with Crippen LogP contribution in [0.2, 0.25) is 0 Å². The van der Waals surface area contributed by atoms with Crippen LogP contribution in [0.3, 0.4) is 0 Å². The summed E-state index contributed by atoms with van der Waals surface area (Å²) >= 11 is 5.48. The lowest BCUT2D eigenvalue weighted by Gasteiger charge is -2.08. The van der Waals surface area contributed by atoms with E-state index in [9.17, 15) is 4.79 Å². The van der Waals surface area contributed by atoms with Gasteiger partial charge in [-0.15, -0.1) is 0 Å². The van der Waals surface area contributed by atoms with Gasteiger partial charge >= 0.3 is 0 Å². The van der Waals surface area contributed by atoms with Gasteiger partial charge in [0.15, 0.2) is 0 Å². The normalized spacial score (nSPS) is 13.7. The summed E-state index contributed by atoms with van der Waals surface area (Å²) in [5, 5.41) is 0. The summed E-state index contributed by atoms with van der Waals surface area (Å²) in [5.74, 6) is 0.657. The Morgan fingerprint density at radius 2 is 2.00 bits per heavy atom. The van der Waals surface area contributed by atoms with E-state index in [-0.39, 0.29) is 0 Å². The van der Waals surface area contributed by atoms with Crippen LogP contribution in [0, 0.1) is 0 Å². The van der Waals surface area contributed by atoms with Crippen LogP contribution in [-0.2, 0) is 9.63 Å². The average Bonchev–Trinajstić information content (AvgIpc) is 2.32. The highest BCUT2D eigenvalue weighted by Crippen LogP contribution is 2.00. The molecule has 17 heavy (non-hydrogen) atoms. The zero-order valence-electron chi connectivity index (χ0n) is 9.94. The standard InChI is InChI=1S/C13H16ClNO2/c1-4-5-12(3)17-15-13(8-9-14)7-6-11(2)10-16/h4-10,15H,1H2,2-3H3/b9-8+,11-6+,12-5+,13-7+. The number of allylic oxidation sites excluding steroid dienone is 7. The summed E-state index contributed by atoms with van der Waals surface area (Å²) < 4.78 is 0. The summed E-state index contributed by atoms with van der Waals surface area (Å²) in [6.07, 6.45) is 9.04. The van der Waals surface area contributed by atoms with Crippen LogP contribution in [0.1, 0.15) is 13.8 Å². The molecule has 0 spiro atoms. The van der Waals surface area contributed by atoms with Gasteiger partial charge in [-0.25, -0.2) is 5.48 Å². The molecule has 0 aromatic carbocycles. The van der Waals surface area contributed by atoms with Gasteiger partial charge in [-0.3, -0.25) is 4.79 Å². The zero-order valence-corrected chi connectivity index (χ0v) is 10.7. The Balaban J connectivity index is 4.60. The van der Waals surface area contributed by atoms with Gasteiger partial charge in [0.1, 0.15) is 12.0 Å². The fraction of sp³-hybridized carbons (Fsp3) is 0.154. The molecule has 0 aliphatic carbocycles. The Bertz CT molecular complexity index is 379. The third kappa shape index (κ3) is 8.11. The second-order valence-electron chi connectivity index (χ2n) is 3.16. The van der Waals surface area contributed by atoms with Gasteiger partial charge in [0.2, 0.25) is 0 Å². The van der Waals surface area contributed by atoms with Crippen LogP contribution in [0.25, 0.3) is 0 Å². The van der Waals surface area contributed by atoms with E-state index in [1.54, 1.807) is 44.2 Å². The SMILES string of the molecule is C=C/C=C(\C)ONC(/C=C/Cl)=C/C=C(\C)C=O. The Morgan fingerprint density at radius 3 is 2.53 bits per heavy atom. The number of halogens is 1. The van der Waals surface area contributed by atoms with Crippen molar-refractivity contribution in [1.82, 2.24) is 5.48 Å². The Labute approximate surface area is 107 Å². The first kappa shape index (κ1) is 15.3. The van der Waals surface area contributed by atoms with E-state index < -0.39 is 0 Å². The maximum absolute atomic E-state index is 10.4. The molecule has 0 aliphatic rings. The molecule has 0 atom stereocenters. The number of carbonyl (C=O) groups excluding carboxylic acids is 1. The van der Waals surface area contributed by atoms with E-state index in [2.05, 4.69) is 12.1 Å². The topological polar surface area (TPSA) is 38.3 Å². The average molecular weight is 254 g/mol. The highest BCUT2D eigenvalue weighted by Gasteiger charge is 1.92. The fourth-order valence-electron chi connectivity index (χ4n) is 0.791. The lowest BCUT2D eigenvalue weighted by molar-refractivity contribution is -0.104. The number of carbonyl (C=O) groups is 1. The van der Waals surface area contributed by atoms with Gasteiger partial charge in [-0.1, -0.05) is 30.3 Å². The molecule has 92 valence electrons. The molecule has 0 aromatic heterocycles. The Morgan fingerprint density at radius 1 is 1.29 bits per heavy atom. The molecule has 1 N–H and O–H groups in total. The van der Waals surface area contributed by atoms with Crippen LogP contribution >= 0.6 is 11.6 Å². The van der Waals surface area contributed by atoms with Crippen molar-refractivity contribution in [2.75, 3.05) is 0 Å². The zero-order chi connectivity index (χ0) is 13.1. The molecule has 0 fully saturated rings. The van der Waals surface area contributed by atoms with Gasteiger partial charge < -0.3 is 4.84 Å². The van der Waals surface area contributed by atoms with E-state index in [4.69, 9.17) is 16.4 Å². The van der Waals surface area contributed by atoms with Gasteiger partial charge in [0.05, 0.1) is 5.70 Å². The van der Waals surface area contributed by atoms with Crippen molar-refractivity contribution in [1.29, 1.82) is 0 Å².